The molecule has 92 valence electrons. The van der Waals surface area contributed by atoms with Crippen LogP contribution in [0.5, 0.6) is 0 Å². The fourth-order valence-corrected chi connectivity index (χ4v) is 2.06. The van der Waals surface area contributed by atoms with E-state index >= 15 is 0 Å². The van der Waals surface area contributed by atoms with Gasteiger partial charge < -0.3 is 16.8 Å². The second kappa shape index (κ2) is 4.61. The Hall–Kier alpha value is -1.78. The van der Waals surface area contributed by atoms with Gasteiger partial charge in [-0.15, -0.1) is 0 Å². The van der Waals surface area contributed by atoms with Crippen LogP contribution in [-0.4, -0.2) is 16.9 Å². The average Bonchev–Trinajstić information content (AvgIpc) is 2.99. The molecule has 2 atom stereocenters. The molecule has 1 aliphatic carbocycles. The van der Waals surface area contributed by atoms with Crippen LogP contribution in [0.3, 0.4) is 0 Å². The number of nitrogens with zero attached hydrogens (tertiary/aromatic N) is 1. The van der Waals surface area contributed by atoms with Gasteiger partial charge in [0.2, 0.25) is 0 Å². The van der Waals surface area contributed by atoms with Crippen molar-refractivity contribution in [3.05, 3.63) is 17.8 Å². The minimum Gasteiger partial charge on any atom is -0.397 e. The normalized spacial score (nSPS) is 22.2. The number of hydrogen-bond donors (Lipinski definition) is 3. The predicted molar refractivity (Wildman–Crippen MR) is 67.6 cm³/mol. The van der Waals surface area contributed by atoms with Crippen molar-refractivity contribution in [3.8, 4) is 0 Å². The number of aromatic nitrogens is 1. The van der Waals surface area contributed by atoms with Crippen LogP contribution in [-0.2, 0) is 0 Å². The second-order valence-corrected chi connectivity index (χ2v) is 4.56. The lowest BCUT2D eigenvalue weighted by atomic mass is 10.2. The number of pyridine rings is 1. The highest BCUT2D eigenvalue weighted by atomic mass is 16.1. The summed E-state index contributed by atoms with van der Waals surface area (Å²) < 4.78 is 0. The van der Waals surface area contributed by atoms with Gasteiger partial charge in [0.25, 0.3) is 5.91 Å². The van der Waals surface area contributed by atoms with Gasteiger partial charge in [0, 0.05) is 6.04 Å². The summed E-state index contributed by atoms with van der Waals surface area (Å²) >= 11 is 0. The van der Waals surface area contributed by atoms with Crippen LogP contribution >= 0.6 is 0 Å². The van der Waals surface area contributed by atoms with Gasteiger partial charge >= 0.3 is 0 Å². The van der Waals surface area contributed by atoms with E-state index in [0.29, 0.717) is 23.1 Å². The first-order valence-corrected chi connectivity index (χ1v) is 5.93. The third kappa shape index (κ3) is 2.67. The SMILES string of the molecule is CCCC1CC1Nc1cc(C(N)=O)c(N)cn1. The largest absolute Gasteiger partial charge is 0.397 e. The number of primary amides is 1. The number of nitrogens with two attached hydrogens (primary N) is 2. The molecule has 1 heterocycles. The third-order valence-electron chi connectivity index (χ3n) is 3.12. The predicted octanol–water partition coefficient (Wildman–Crippen LogP) is 1.36. The zero-order valence-electron chi connectivity index (χ0n) is 9.94. The summed E-state index contributed by atoms with van der Waals surface area (Å²) in [7, 11) is 0. The third-order valence-corrected chi connectivity index (χ3v) is 3.12. The molecule has 1 aliphatic rings. The first-order valence-electron chi connectivity index (χ1n) is 5.93. The summed E-state index contributed by atoms with van der Waals surface area (Å²) in [6.45, 7) is 2.18. The fourth-order valence-electron chi connectivity index (χ4n) is 2.06. The van der Waals surface area contributed by atoms with Gasteiger partial charge in [0.15, 0.2) is 0 Å². The summed E-state index contributed by atoms with van der Waals surface area (Å²) in [5, 5.41) is 3.30. The maximum atomic E-state index is 11.1. The molecular weight excluding hydrogens is 216 g/mol. The van der Waals surface area contributed by atoms with Crippen LogP contribution in [0.25, 0.3) is 0 Å². The molecular formula is C12H18N4O. The Bertz CT molecular complexity index is 433. The van der Waals surface area contributed by atoms with E-state index in [4.69, 9.17) is 11.5 Å². The van der Waals surface area contributed by atoms with Crippen LogP contribution < -0.4 is 16.8 Å². The van der Waals surface area contributed by atoms with Gasteiger partial charge in [-0.05, 0) is 24.8 Å². The summed E-state index contributed by atoms with van der Waals surface area (Å²) in [5.74, 6) is 0.891. The molecule has 0 aliphatic heterocycles. The molecule has 0 spiro atoms. The highest BCUT2D eigenvalue weighted by molar-refractivity contribution is 5.98. The van der Waals surface area contributed by atoms with E-state index in [2.05, 4.69) is 17.2 Å². The first kappa shape index (κ1) is 11.7. The first-order chi connectivity index (χ1) is 8.11. The maximum Gasteiger partial charge on any atom is 0.250 e. The molecule has 5 heteroatoms. The smallest absolute Gasteiger partial charge is 0.250 e. The van der Waals surface area contributed by atoms with E-state index in [1.165, 1.54) is 25.5 Å². The van der Waals surface area contributed by atoms with Gasteiger partial charge in [-0.2, -0.15) is 0 Å². The molecule has 0 radical (unpaired) electrons. The number of nitrogen functional groups attached to an aromatic ring is 1. The van der Waals surface area contributed by atoms with E-state index in [-0.39, 0.29) is 0 Å². The molecule has 5 nitrogen and oxygen atoms in total. The van der Waals surface area contributed by atoms with Crippen molar-refractivity contribution >= 4 is 17.4 Å². The topological polar surface area (TPSA) is 94.0 Å². The Morgan fingerprint density at radius 3 is 3.06 bits per heavy atom. The Morgan fingerprint density at radius 1 is 1.65 bits per heavy atom. The minimum absolute atomic E-state index is 0.323. The van der Waals surface area contributed by atoms with Crippen molar-refractivity contribution in [2.24, 2.45) is 11.7 Å². The molecule has 1 aromatic heterocycles. The van der Waals surface area contributed by atoms with Gasteiger partial charge in [-0.1, -0.05) is 13.3 Å². The second-order valence-electron chi connectivity index (χ2n) is 4.56. The molecule has 5 N–H and O–H groups in total. The molecule has 0 bridgehead atoms. The van der Waals surface area contributed by atoms with Crippen molar-refractivity contribution in [1.82, 2.24) is 4.98 Å². The molecule has 1 fully saturated rings. The van der Waals surface area contributed by atoms with Crippen molar-refractivity contribution in [2.45, 2.75) is 32.2 Å². The zero-order valence-corrected chi connectivity index (χ0v) is 9.94. The van der Waals surface area contributed by atoms with Gasteiger partial charge in [-0.3, -0.25) is 4.79 Å². The summed E-state index contributed by atoms with van der Waals surface area (Å²) in [4.78, 5) is 15.3. The number of hydrogen-bond acceptors (Lipinski definition) is 4. The van der Waals surface area contributed by atoms with E-state index in [9.17, 15) is 4.79 Å². The standard InChI is InChI=1S/C12H18N4O/c1-2-3-7-4-10(7)16-11-5-8(12(14)17)9(13)6-15-11/h5-7,10H,2-4,13H2,1H3,(H2,14,17)(H,15,16). The number of rotatable bonds is 5. The lowest BCUT2D eigenvalue weighted by Crippen LogP contribution is -2.15. The van der Waals surface area contributed by atoms with E-state index < -0.39 is 5.91 Å². The number of carbonyl (C=O) groups excluding carboxylic acids is 1. The molecule has 0 saturated heterocycles. The quantitative estimate of drug-likeness (QED) is 0.717. The molecule has 0 aromatic carbocycles. The monoisotopic (exact) mass is 234 g/mol. The maximum absolute atomic E-state index is 11.1. The van der Waals surface area contributed by atoms with Crippen LogP contribution in [0.2, 0.25) is 0 Å². The summed E-state index contributed by atoms with van der Waals surface area (Å²) in [6.07, 6.45) is 5.07. The average molecular weight is 234 g/mol. The molecule has 2 unspecified atom stereocenters. The van der Waals surface area contributed by atoms with E-state index in [0.717, 1.165) is 5.92 Å². The molecule has 2 rings (SSSR count). The van der Waals surface area contributed by atoms with Crippen molar-refractivity contribution in [3.63, 3.8) is 0 Å². The number of amides is 1. The van der Waals surface area contributed by atoms with E-state index in [1.54, 1.807) is 6.07 Å². The lowest BCUT2D eigenvalue weighted by Gasteiger charge is -2.07. The summed E-state index contributed by atoms with van der Waals surface area (Å²) in [5.41, 5.74) is 11.5. The zero-order chi connectivity index (χ0) is 12.4. The van der Waals surface area contributed by atoms with Crippen LogP contribution in [0, 0.1) is 5.92 Å². The Morgan fingerprint density at radius 2 is 2.41 bits per heavy atom. The van der Waals surface area contributed by atoms with Gasteiger partial charge in [0.1, 0.15) is 5.82 Å². The Balaban J connectivity index is 2.03. The fraction of sp³-hybridized carbons (Fsp3) is 0.500. The van der Waals surface area contributed by atoms with Gasteiger partial charge in [0.05, 0.1) is 17.4 Å². The highest BCUT2D eigenvalue weighted by Gasteiger charge is 2.36. The Labute approximate surface area is 101 Å². The highest BCUT2D eigenvalue weighted by Crippen LogP contribution is 2.37. The van der Waals surface area contributed by atoms with Crippen molar-refractivity contribution in [1.29, 1.82) is 0 Å². The van der Waals surface area contributed by atoms with Crippen LogP contribution in [0.1, 0.15) is 36.5 Å². The number of anilines is 2. The molecule has 1 amide bonds. The van der Waals surface area contributed by atoms with Gasteiger partial charge in [-0.25, -0.2) is 4.98 Å². The Kier molecular flexibility index (Phi) is 3.17. The van der Waals surface area contributed by atoms with Crippen molar-refractivity contribution < 1.29 is 4.79 Å². The molecule has 1 saturated carbocycles. The van der Waals surface area contributed by atoms with E-state index in [1.807, 2.05) is 0 Å². The minimum atomic E-state index is -0.520. The molecule has 17 heavy (non-hydrogen) atoms. The number of nitrogens with one attached hydrogen (secondary N) is 1. The number of carbonyl (C=O) groups is 1. The summed E-state index contributed by atoms with van der Waals surface area (Å²) in [6, 6.07) is 2.10. The van der Waals surface area contributed by atoms with Crippen molar-refractivity contribution in [2.75, 3.05) is 11.1 Å². The lowest BCUT2D eigenvalue weighted by molar-refractivity contribution is 0.100. The van der Waals surface area contributed by atoms with Crippen LogP contribution in [0.15, 0.2) is 12.3 Å². The molecule has 1 aromatic rings. The van der Waals surface area contributed by atoms with Crippen LogP contribution in [0.4, 0.5) is 11.5 Å².